The Morgan fingerprint density at radius 2 is 2.11 bits per heavy atom. The van der Waals surface area contributed by atoms with Crippen LogP contribution in [0, 0.1) is 17.0 Å². The standard InChI is InChI=1S/C10H9NO3.C2H4O2/c1-7-2-3-10-8(4-7)5-9(6-14-10)11(12)13;1-2(3)4/h2-5H,6H2,1H3;1H3,(H,3,4). The molecule has 0 saturated carbocycles. The van der Waals surface area contributed by atoms with Crippen molar-refractivity contribution in [3.63, 3.8) is 0 Å². The molecule has 6 nitrogen and oxygen atoms in total. The van der Waals surface area contributed by atoms with Gasteiger partial charge in [-0.25, -0.2) is 0 Å². The number of rotatable bonds is 1. The number of benzene rings is 1. The first-order valence-electron chi connectivity index (χ1n) is 5.18. The molecule has 0 unspecified atom stereocenters. The molecule has 6 heteroatoms. The van der Waals surface area contributed by atoms with Crippen molar-refractivity contribution in [2.45, 2.75) is 13.8 Å². The van der Waals surface area contributed by atoms with Crippen LogP contribution in [0.4, 0.5) is 0 Å². The molecule has 1 aliphatic rings. The Labute approximate surface area is 104 Å². The Kier molecular flexibility index (Phi) is 4.42. The molecule has 0 bridgehead atoms. The van der Waals surface area contributed by atoms with Gasteiger partial charge in [-0.1, -0.05) is 11.6 Å². The number of carboxylic acid groups (broad SMARTS) is 1. The highest BCUT2D eigenvalue weighted by molar-refractivity contribution is 5.63. The molecule has 0 saturated heterocycles. The van der Waals surface area contributed by atoms with Crippen LogP contribution in [0.3, 0.4) is 0 Å². The zero-order chi connectivity index (χ0) is 13.7. The quantitative estimate of drug-likeness (QED) is 0.609. The Morgan fingerprint density at radius 3 is 2.67 bits per heavy atom. The monoisotopic (exact) mass is 251 g/mol. The fourth-order valence-electron chi connectivity index (χ4n) is 1.39. The zero-order valence-electron chi connectivity index (χ0n) is 10.0. The second-order valence-electron chi connectivity index (χ2n) is 3.74. The molecule has 1 aliphatic heterocycles. The molecule has 0 aliphatic carbocycles. The third-order valence-corrected chi connectivity index (χ3v) is 2.10. The van der Waals surface area contributed by atoms with Crippen LogP contribution in [0.5, 0.6) is 5.75 Å². The normalized spacial score (nSPS) is 12.2. The SMILES string of the molecule is CC(=O)O.Cc1ccc2c(c1)C=C([N+](=O)[O-])CO2. The number of hydrogen-bond acceptors (Lipinski definition) is 4. The fraction of sp³-hybridized carbons (Fsp3) is 0.250. The lowest BCUT2D eigenvalue weighted by atomic mass is 10.1. The predicted molar refractivity (Wildman–Crippen MR) is 65.0 cm³/mol. The Morgan fingerprint density at radius 1 is 1.50 bits per heavy atom. The molecule has 96 valence electrons. The van der Waals surface area contributed by atoms with E-state index in [-0.39, 0.29) is 12.3 Å². The summed E-state index contributed by atoms with van der Waals surface area (Å²) >= 11 is 0. The van der Waals surface area contributed by atoms with E-state index in [0.29, 0.717) is 5.75 Å². The maximum Gasteiger partial charge on any atom is 0.300 e. The minimum absolute atomic E-state index is 0.0447. The van der Waals surface area contributed by atoms with Crippen molar-refractivity contribution in [2.75, 3.05) is 6.61 Å². The van der Waals surface area contributed by atoms with E-state index < -0.39 is 10.9 Å². The summed E-state index contributed by atoms with van der Waals surface area (Å²) in [4.78, 5) is 19.1. The third-order valence-electron chi connectivity index (χ3n) is 2.10. The van der Waals surface area contributed by atoms with Crippen LogP contribution in [0.1, 0.15) is 18.1 Å². The predicted octanol–water partition coefficient (Wildman–Crippen LogP) is 2.10. The first-order valence-corrected chi connectivity index (χ1v) is 5.18. The van der Waals surface area contributed by atoms with Gasteiger partial charge < -0.3 is 9.84 Å². The molecular weight excluding hydrogens is 238 g/mol. The first kappa shape index (κ1) is 13.7. The molecule has 0 radical (unpaired) electrons. The van der Waals surface area contributed by atoms with Gasteiger partial charge in [-0.3, -0.25) is 14.9 Å². The summed E-state index contributed by atoms with van der Waals surface area (Å²) in [6.45, 7) is 3.07. The minimum Gasteiger partial charge on any atom is -0.482 e. The van der Waals surface area contributed by atoms with Crippen LogP contribution >= 0.6 is 0 Å². The maximum absolute atomic E-state index is 10.5. The van der Waals surface area contributed by atoms with Crippen LogP contribution in [-0.2, 0) is 4.79 Å². The first-order chi connectivity index (χ1) is 8.40. The van der Waals surface area contributed by atoms with Gasteiger partial charge in [0, 0.05) is 18.6 Å². The average molecular weight is 251 g/mol. The molecule has 1 heterocycles. The number of aryl methyl sites for hydroxylation is 1. The van der Waals surface area contributed by atoms with Gasteiger partial charge in [0.1, 0.15) is 5.75 Å². The number of hydrogen-bond donors (Lipinski definition) is 1. The number of nitro groups is 1. The largest absolute Gasteiger partial charge is 0.482 e. The summed E-state index contributed by atoms with van der Waals surface area (Å²) < 4.78 is 5.24. The zero-order valence-corrected chi connectivity index (χ0v) is 10.0. The van der Waals surface area contributed by atoms with Gasteiger partial charge in [0.05, 0.1) is 4.92 Å². The lowest BCUT2D eigenvalue weighted by Crippen LogP contribution is -2.13. The van der Waals surface area contributed by atoms with Crippen LogP contribution in [0.2, 0.25) is 0 Å². The van der Waals surface area contributed by atoms with Gasteiger partial charge in [-0.2, -0.15) is 0 Å². The second kappa shape index (κ2) is 5.81. The van der Waals surface area contributed by atoms with Gasteiger partial charge in [0.15, 0.2) is 6.61 Å². The van der Waals surface area contributed by atoms with E-state index in [9.17, 15) is 10.1 Å². The topological polar surface area (TPSA) is 89.7 Å². The van der Waals surface area contributed by atoms with Crippen LogP contribution in [0.15, 0.2) is 23.9 Å². The smallest absolute Gasteiger partial charge is 0.300 e. The number of ether oxygens (including phenoxy) is 1. The van der Waals surface area contributed by atoms with Gasteiger partial charge >= 0.3 is 0 Å². The van der Waals surface area contributed by atoms with Crippen LogP contribution < -0.4 is 4.74 Å². The highest BCUT2D eigenvalue weighted by Gasteiger charge is 2.19. The molecule has 0 aromatic heterocycles. The Hall–Kier alpha value is -2.37. The van der Waals surface area contributed by atoms with Crippen molar-refractivity contribution in [3.05, 3.63) is 45.1 Å². The number of fused-ring (bicyclic) bond motifs is 1. The number of nitrogens with zero attached hydrogens (tertiary/aromatic N) is 1. The van der Waals surface area contributed by atoms with Gasteiger partial charge in [0.25, 0.3) is 11.7 Å². The number of carboxylic acids is 1. The summed E-state index contributed by atoms with van der Waals surface area (Å²) in [6, 6.07) is 5.62. The number of aliphatic carboxylic acids is 1. The van der Waals surface area contributed by atoms with E-state index in [1.54, 1.807) is 6.08 Å². The molecule has 0 amide bonds. The molecule has 0 atom stereocenters. The van der Waals surface area contributed by atoms with Crippen molar-refractivity contribution < 1.29 is 19.6 Å². The average Bonchev–Trinajstić information content (AvgIpc) is 2.27. The van der Waals surface area contributed by atoms with Crippen molar-refractivity contribution in [1.29, 1.82) is 0 Å². The summed E-state index contributed by atoms with van der Waals surface area (Å²) in [7, 11) is 0. The third kappa shape index (κ3) is 3.89. The Bertz CT molecular complexity index is 503. The molecule has 1 aromatic rings. The fourth-order valence-corrected chi connectivity index (χ4v) is 1.39. The van der Waals surface area contributed by atoms with Gasteiger partial charge in [0.2, 0.25) is 0 Å². The summed E-state index contributed by atoms with van der Waals surface area (Å²) in [5, 5.41) is 17.9. The highest BCUT2D eigenvalue weighted by atomic mass is 16.6. The number of carbonyl (C=O) groups is 1. The van der Waals surface area contributed by atoms with E-state index in [1.807, 2.05) is 25.1 Å². The van der Waals surface area contributed by atoms with Crippen LogP contribution in [0.25, 0.3) is 6.08 Å². The minimum atomic E-state index is -0.833. The van der Waals surface area contributed by atoms with Crippen molar-refractivity contribution in [2.24, 2.45) is 0 Å². The maximum atomic E-state index is 10.5. The highest BCUT2D eigenvalue weighted by Crippen LogP contribution is 2.26. The lowest BCUT2D eigenvalue weighted by Gasteiger charge is -2.13. The summed E-state index contributed by atoms with van der Waals surface area (Å²) in [5.41, 5.74) is 1.94. The molecule has 2 rings (SSSR count). The van der Waals surface area contributed by atoms with Crippen LogP contribution in [-0.4, -0.2) is 22.6 Å². The van der Waals surface area contributed by atoms with Crippen molar-refractivity contribution in [1.82, 2.24) is 0 Å². The molecule has 1 aromatic carbocycles. The molecule has 18 heavy (non-hydrogen) atoms. The summed E-state index contributed by atoms with van der Waals surface area (Å²) in [6.07, 6.45) is 1.56. The van der Waals surface area contributed by atoms with Gasteiger partial charge in [-0.15, -0.1) is 0 Å². The van der Waals surface area contributed by atoms with Gasteiger partial charge in [-0.05, 0) is 19.1 Å². The van der Waals surface area contributed by atoms with E-state index in [0.717, 1.165) is 18.1 Å². The van der Waals surface area contributed by atoms with E-state index in [1.165, 1.54) is 0 Å². The lowest BCUT2D eigenvalue weighted by molar-refractivity contribution is -0.427. The van der Waals surface area contributed by atoms with Crippen molar-refractivity contribution in [3.8, 4) is 5.75 Å². The molecule has 0 spiro atoms. The van der Waals surface area contributed by atoms with E-state index in [2.05, 4.69) is 0 Å². The Balaban J connectivity index is 0.000000357. The van der Waals surface area contributed by atoms with E-state index >= 15 is 0 Å². The molecule has 1 N–H and O–H groups in total. The molecular formula is C12H13NO5. The second-order valence-corrected chi connectivity index (χ2v) is 3.74. The van der Waals surface area contributed by atoms with Crippen molar-refractivity contribution >= 4 is 12.0 Å². The molecule has 0 fully saturated rings. The van der Waals surface area contributed by atoms with E-state index in [4.69, 9.17) is 14.6 Å². The summed E-state index contributed by atoms with van der Waals surface area (Å²) in [5.74, 6) is -0.124.